The predicted octanol–water partition coefficient (Wildman–Crippen LogP) is 10.1. The van der Waals surface area contributed by atoms with E-state index in [9.17, 15) is 5.26 Å². The predicted molar refractivity (Wildman–Crippen MR) is 190 cm³/mol. The molecule has 0 radical (unpaired) electrons. The molecule has 0 spiro atoms. The molecule has 2 aromatic heterocycles. The molecule has 0 amide bonds. The molecule has 9 rings (SSSR count). The van der Waals surface area contributed by atoms with E-state index in [1.54, 1.807) is 0 Å². The summed E-state index contributed by atoms with van der Waals surface area (Å²) >= 11 is 0. The lowest BCUT2D eigenvalue weighted by atomic mass is 10.0. The van der Waals surface area contributed by atoms with Crippen molar-refractivity contribution in [3.8, 4) is 45.9 Å². The molecular formula is C42H25N5. The first-order valence-corrected chi connectivity index (χ1v) is 15.5. The van der Waals surface area contributed by atoms with E-state index in [4.69, 9.17) is 15.0 Å². The molecule has 0 aliphatic carbocycles. The summed E-state index contributed by atoms with van der Waals surface area (Å²) in [5.41, 5.74) is 6.43. The summed E-state index contributed by atoms with van der Waals surface area (Å²) in [6, 6.07) is 54.1. The van der Waals surface area contributed by atoms with Crippen molar-refractivity contribution in [2.24, 2.45) is 0 Å². The van der Waals surface area contributed by atoms with Crippen molar-refractivity contribution in [2.75, 3.05) is 0 Å². The SMILES string of the molecule is N#Cc1ccc2c3cc(-c4nc(-c5ccc6ccccc6c5)nc(-c5ccc6ccccc6c5)n4)ccc3n(-c3ccccc3)c2c1. The molecular weight excluding hydrogens is 574 g/mol. The van der Waals surface area contributed by atoms with Gasteiger partial charge in [-0.25, -0.2) is 15.0 Å². The van der Waals surface area contributed by atoms with Crippen LogP contribution in [-0.2, 0) is 0 Å². The molecule has 9 aromatic rings. The van der Waals surface area contributed by atoms with Gasteiger partial charge in [0.2, 0.25) is 0 Å². The first kappa shape index (κ1) is 26.7. The van der Waals surface area contributed by atoms with E-state index in [0.717, 1.165) is 55.0 Å². The van der Waals surface area contributed by atoms with Crippen LogP contribution in [0.5, 0.6) is 0 Å². The smallest absolute Gasteiger partial charge is 0.164 e. The summed E-state index contributed by atoms with van der Waals surface area (Å²) in [6.07, 6.45) is 0. The highest BCUT2D eigenvalue weighted by Crippen LogP contribution is 2.36. The van der Waals surface area contributed by atoms with Gasteiger partial charge >= 0.3 is 0 Å². The Balaban J connectivity index is 1.28. The Hall–Kier alpha value is -6.64. The van der Waals surface area contributed by atoms with Crippen molar-refractivity contribution in [2.45, 2.75) is 0 Å². The maximum absolute atomic E-state index is 9.70. The molecule has 2 heterocycles. The highest BCUT2D eigenvalue weighted by molar-refractivity contribution is 6.10. The van der Waals surface area contributed by atoms with E-state index in [1.807, 2.05) is 60.7 Å². The first-order chi connectivity index (χ1) is 23.2. The third-order valence-electron chi connectivity index (χ3n) is 8.82. The molecule has 218 valence electrons. The van der Waals surface area contributed by atoms with Crippen LogP contribution in [0.4, 0.5) is 0 Å². The van der Waals surface area contributed by atoms with E-state index in [2.05, 4.69) is 102 Å². The maximum atomic E-state index is 9.70. The molecule has 0 aliphatic heterocycles. The van der Waals surface area contributed by atoms with Crippen molar-refractivity contribution in [1.29, 1.82) is 5.26 Å². The molecule has 0 unspecified atom stereocenters. The number of nitriles is 1. The second-order valence-electron chi connectivity index (χ2n) is 11.7. The fourth-order valence-corrected chi connectivity index (χ4v) is 6.50. The maximum Gasteiger partial charge on any atom is 0.164 e. The van der Waals surface area contributed by atoms with E-state index < -0.39 is 0 Å². The Morgan fingerprint density at radius 1 is 0.426 bits per heavy atom. The summed E-state index contributed by atoms with van der Waals surface area (Å²) in [5.74, 6) is 1.84. The van der Waals surface area contributed by atoms with Gasteiger partial charge in [0, 0.05) is 33.2 Å². The number of aromatic nitrogens is 4. The zero-order valence-electron chi connectivity index (χ0n) is 25.2. The van der Waals surface area contributed by atoms with Gasteiger partial charge < -0.3 is 4.57 Å². The van der Waals surface area contributed by atoms with Crippen molar-refractivity contribution >= 4 is 43.4 Å². The number of para-hydroxylation sites is 1. The van der Waals surface area contributed by atoms with Gasteiger partial charge in [0.05, 0.1) is 22.7 Å². The molecule has 0 fully saturated rings. The number of fused-ring (bicyclic) bond motifs is 5. The van der Waals surface area contributed by atoms with Gasteiger partial charge in [-0.15, -0.1) is 0 Å². The number of benzene rings is 7. The van der Waals surface area contributed by atoms with Crippen LogP contribution in [-0.4, -0.2) is 19.5 Å². The Morgan fingerprint density at radius 2 is 0.957 bits per heavy atom. The molecule has 0 bridgehead atoms. The second-order valence-corrected chi connectivity index (χ2v) is 11.7. The lowest BCUT2D eigenvalue weighted by Gasteiger charge is -2.10. The third-order valence-corrected chi connectivity index (χ3v) is 8.82. The normalized spacial score (nSPS) is 11.4. The van der Waals surface area contributed by atoms with Crippen LogP contribution < -0.4 is 0 Å². The highest BCUT2D eigenvalue weighted by atomic mass is 15.0. The van der Waals surface area contributed by atoms with Crippen molar-refractivity contribution in [1.82, 2.24) is 19.5 Å². The lowest BCUT2D eigenvalue weighted by Crippen LogP contribution is -2.00. The minimum Gasteiger partial charge on any atom is -0.309 e. The minimum absolute atomic E-state index is 0.600. The number of hydrogen-bond acceptors (Lipinski definition) is 4. The van der Waals surface area contributed by atoms with Gasteiger partial charge in [0.15, 0.2) is 17.5 Å². The average molecular weight is 600 g/mol. The molecule has 5 nitrogen and oxygen atoms in total. The summed E-state index contributed by atoms with van der Waals surface area (Å²) in [6.45, 7) is 0. The minimum atomic E-state index is 0.600. The third kappa shape index (κ3) is 4.59. The highest BCUT2D eigenvalue weighted by Gasteiger charge is 2.17. The Morgan fingerprint density at radius 3 is 1.55 bits per heavy atom. The van der Waals surface area contributed by atoms with Gasteiger partial charge in [-0.05, 0) is 76.1 Å². The van der Waals surface area contributed by atoms with Gasteiger partial charge in [-0.3, -0.25) is 0 Å². The Bertz CT molecular complexity index is 2600. The second kappa shape index (κ2) is 10.8. The molecule has 47 heavy (non-hydrogen) atoms. The topological polar surface area (TPSA) is 67.4 Å². The van der Waals surface area contributed by atoms with Crippen LogP contribution in [0.3, 0.4) is 0 Å². The fraction of sp³-hybridized carbons (Fsp3) is 0. The number of rotatable bonds is 4. The summed E-state index contributed by atoms with van der Waals surface area (Å²) in [5, 5.41) is 16.4. The van der Waals surface area contributed by atoms with Crippen LogP contribution in [0.15, 0.2) is 152 Å². The Labute approximate surface area is 270 Å². The fourth-order valence-electron chi connectivity index (χ4n) is 6.50. The summed E-state index contributed by atoms with van der Waals surface area (Å²) in [4.78, 5) is 15.2. The first-order valence-electron chi connectivity index (χ1n) is 15.5. The molecule has 0 aliphatic rings. The van der Waals surface area contributed by atoms with Gasteiger partial charge in [0.25, 0.3) is 0 Å². The monoisotopic (exact) mass is 599 g/mol. The van der Waals surface area contributed by atoms with Crippen molar-refractivity contribution in [3.05, 3.63) is 157 Å². The Kier molecular flexibility index (Phi) is 6.12. The average Bonchev–Trinajstić information content (AvgIpc) is 3.47. The van der Waals surface area contributed by atoms with E-state index in [-0.39, 0.29) is 0 Å². The molecule has 0 saturated carbocycles. The number of hydrogen-bond donors (Lipinski definition) is 0. The summed E-state index contributed by atoms with van der Waals surface area (Å²) in [7, 11) is 0. The van der Waals surface area contributed by atoms with Crippen molar-refractivity contribution < 1.29 is 0 Å². The van der Waals surface area contributed by atoms with Crippen LogP contribution in [0.25, 0.3) is 83.2 Å². The van der Waals surface area contributed by atoms with Crippen LogP contribution >= 0.6 is 0 Å². The zero-order valence-corrected chi connectivity index (χ0v) is 25.2. The van der Waals surface area contributed by atoms with Gasteiger partial charge in [-0.2, -0.15) is 5.26 Å². The molecule has 0 saturated heterocycles. The zero-order chi connectivity index (χ0) is 31.3. The van der Waals surface area contributed by atoms with E-state index in [1.165, 1.54) is 10.8 Å². The standard InChI is InChI=1S/C42H25N5/c43-26-27-14-20-36-37-25-34(19-21-38(37)47(39(36)22-27)35-12-2-1-3-13-35)42-45-40(32-17-15-28-8-4-6-10-30(28)23-32)44-41(46-42)33-18-16-29-9-5-7-11-31(29)24-33/h1-25H. The molecule has 0 N–H and O–H groups in total. The van der Waals surface area contributed by atoms with Gasteiger partial charge in [-0.1, -0.05) is 97.1 Å². The van der Waals surface area contributed by atoms with Crippen LogP contribution in [0, 0.1) is 11.3 Å². The van der Waals surface area contributed by atoms with Crippen molar-refractivity contribution in [3.63, 3.8) is 0 Å². The van der Waals surface area contributed by atoms with Gasteiger partial charge in [0.1, 0.15) is 0 Å². The van der Waals surface area contributed by atoms with Crippen LogP contribution in [0.1, 0.15) is 5.56 Å². The number of nitrogens with zero attached hydrogens (tertiary/aromatic N) is 5. The molecule has 0 atom stereocenters. The quantitative estimate of drug-likeness (QED) is 0.202. The lowest BCUT2D eigenvalue weighted by molar-refractivity contribution is 1.08. The molecule has 7 aromatic carbocycles. The molecule has 5 heteroatoms. The van der Waals surface area contributed by atoms with Crippen LogP contribution in [0.2, 0.25) is 0 Å². The largest absolute Gasteiger partial charge is 0.309 e. The summed E-state index contributed by atoms with van der Waals surface area (Å²) < 4.78 is 2.21. The van der Waals surface area contributed by atoms with E-state index >= 15 is 0 Å². The van der Waals surface area contributed by atoms with E-state index in [0.29, 0.717) is 23.0 Å².